The minimum absolute atomic E-state index is 0.0627. The Labute approximate surface area is 214 Å². The van der Waals surface area contributed by atoms with Crippen molar-refractivity contribution in [3.05, 3.63) is 124 Å². The number of methoxy groups -OCH3 is 1. The van der Waals surface area contributed by atoms with Crippen molar-refractivity contribution in [2.75, 3.05) is 13.7 Å². The summed E-state index contributed by atoms with van der Waals surface area (Å²) in [4.78, 5) is 33.6. The fourth-order valence-corrected chi connectivity index (χ4v) is 5.08. The summed E-state index contributed by atoms with van der Waals surface area (Å²) in [5.74, 6) is 0.522. The lowest BCUT2D eigenvalue weighted by molar-refractivity contribution is 0.0727. The molecule has 0 radical (unpaired) electrons. The van der Waals surface area contributed by atoms with Crippen molar-refractivity contribution < 1.29 is 9.53 Å². The Morgan fingerprint density at radius 3 is 2.57 bits per heavy atom. The average Bonchev–Trinajstić information content (AvgIpc) is 3.39. The summed E-state index contributed by atoms with van der Waals surface area (Å²) in [6.45, 7) is 1.38. The molecule has 5 aromatic rings. The summed E-state index contributed by atoms with van der Waals surface area (Å²) >= 11 is 0. The van der Waals surface area contributed by atoms with E-state index in [1.54, 1.807) is 13.3 Å². The topological polar surface area (TPSA) is 68.8 Å². The van der Waals surface area contributed by atoms with Crippen LogP contribution in [0, 0.1) is 0 Å². The van der Waals surface area contributed by atoms with Gasteiger partial charge in [-0.3, -0.25) is 9.59 Å². The number of ether oxygens (including phenoxy) is 1. The van der Waals surface area contributed by atoms with Crippen molar-refractivity contribution >= 4 is 11.6 Å². The Balaban J connectivity index is 1.43. The van der Waals surface area contributed by atoms with Gasteiger partial charge < -0.3 is 18.6 Å². The van der Waals surface area contributed by atoms with Crippen LogP contribution in [0.5, 0.6) is 5.75 Å². The van der Waals surface area contributed by atoms with E-state index in [1.165, 1.54) is 0 Å². The third-order valence-electron chi connectivity index (χ3n) is 6.92. The highest BCUT2D eigenvalue weighted by Crippen LogP contribution is 2.30. The van der Waals surface area contributed by atoms with Gasteiger partial charge in [0.05, 0.1) is 19.2 Å². The van der Waals surface area contributed by atoms with Crippen molar-refractivity contribution in [2.24, 2.45) is 0 Å². The third-order valence-corrected chi connectivity index (χ3v) is 6.92. The zero-order valence-electron chi connectivity index (χ0n) is 20.5. The Hall–Kier alpha value is -4.65. The maximum Gasteiger partial charge on any atom is 0.274 e. The average molecular weight is 491 g/mol. The van der Waals surface area contributed by atoms with Gasteiger partial charge in [-0.15, -0.1) is 0 Å². The molecule has 4 heterocycles. The van der Waals surface area contributed by atoms with Crippen molar-refractivity contribution in [3.8, 4) is 16.9 Å². The van der Waals surface area contributed by atoms with Gasteiger partial charge in [0.2, 0.25) is 0 Å². The molecule has 1 aliphatic rings. The van der Waals surface area contributed by atoms with E-state index in [1.807, 2.05) is 98.9 Å². The van der Waals surface area contributed by atoms with Crippen LogP contribution in [0.2, 0.25) is 0 Å². The highest BCUT2D eigenvalue weighted by molar-refractivity contribution is 5.93. The number of nitrogens with zero attached hydrogens (tertiary/aromatic N) is 4. The second-order valence-electron chi connectivity index (χ2n) is 9.18. The number of hydrogen-bond donors (Lipinski definition) is 0. The fourth-order valence-electron chi connectivity index (χ4n) is 5.08. The van der Waals surface area contributed by atoms with Crippen LogP contribution >= 0.6 is 0 Å². The normalized spacial score (nSPS) is 12.9. The summed E-state index contributed by atoms with van der Waals surface area (Å²) in [5.41, 5.74) is 5.36. The first kappa shape index (κ1) is 22.8. The Morgan fingerprint density at radius 1 is 0.973 bits per heavy atom. The number of rotatable bonds is 5. The van der Waals surface area contributed by atoms with E-state index < -0.39 is 0 Å². The van der Waals surface area contributed by atoms with Crippen molar-refractivity contribution in [3.63, 3.8) is 0 Å². The number of imidazole rings is 1. The maximum absolute atomic E-state index is 13.9. The van der Waals surface area contributed by atoms with Gasteiger partial charge in [-0.2, -0.15) is 0 Å². The number of hydrogen-bond acceptors (Lipinski definition) is 4. The van der Waals surface area contributed by atoms with E-state index in [0.717, 1.165) is 28.0 Å². The number of fused-ring (bicyclic) bond motifs is 2. The molecular formula is C30H26N4O3. The first-order chi connectivity index (χ1) is 18.1. The van der Waals surface area contributed by atoms with Crippen LogP contribution in [0.3, 0.4) is 0 Å². The molecule has 0 saturated heterocycles. The highest BCUT2D eigenvalue weighted by atomic mass is 16.5. The third kappa shape index (κ3) is 4.18. The van der Waals surface area contributed by atoms with Gasteiger partial charge >= 0.3 is 0 Å². The highest BCUT2D eigenvalue weighted by Gasteiger charge is 2.27. The maximum atomic E-state index is 13.9. The second-order valence-corrected chi connectivity index (χ2v) is 9.18. The molecule has 0 aliphatic carbocycles. The van der Waals surface area contributed by atoms with E-state index in [-0.39, 0.29) is 11.5 Å². The number of benzene rings is 2. The molecule has 0 fully saturated rings. The van der Waals surface area contributed by atoms with Gasteiger partial charge in [-0.1, -0.05) is 54.6 Å². The summed E-state index contributed by atoms with van der Waals surface area (Å²) < 4.78 is 9.29. The lowest BCUT2D eigenvalue weighted by Gasteiger charge is -2.31. The van der Waals surface area contributed by atoms with E-state index in [9.17, 15) is 9.59 Å². The first-order valence-corrected chi connectivity index (χ1v) is 12.3. The molecule has 0 spiro atoms. The van der Waals surface area contributed by atoms with E-state index >= 15 is 0 Å². The van der Waals surface area contributed by atoms with E-state index in [2.05, 4.69) is 4.98 Å². The molecule has 184 valence electrons. The Morgan fingerprint density at radius 2 is 1.76 bits per heavy atom. The molecule has 1 aliphatic heterocycles. The number of aromatic nitrogens is 3. The van der Waals surface area contributed by atoms with Crippen LogP contribution in [0.1, 0.15) is 27.3 Å². The van der Waals surface area contributed by atoms with Crippen LogP contribution in [-0.4, -0.2) is 38.4 Å². The lowest BCUT2D eigenvalue weighted by Crippen LogP contribution is -2.39. The van der Waals surface area contributed by atoms with Crippen LogP contribution < -0.4 is 10.3 Å². The monoisotopic (exact) mass is 490 g/mol. The molecule has 0 bridgehead atoms. The van der Waals surface area contributed by atoms with Gasteiger partial charge in [-0.25, -0.2) is 4.98 Å². The first-order valence-electron chi connectivity index (χ1n) is 12.3. The molecule has 1 amide bonds. The number of amides is 1. The number of carbonyl (C=O) groups is 1. The SMILES string of the molecule is COc1ccccc1-c1cc2c(n(Cc3ccccc3)c1=O)CCN(C(=O)c1cn3ccccc3n1)C2. The van der Waals surface area contributed by atoms with Crippen LogP contribution in [-0.2, 0) is 19.5 Å². The molecule has 7 nitrogen and oxygen atoms in total. The Kier molecular flexibility index (Phi) is 5.81. The fraction of sp³-hybridized carbons (Fsp3) is 0.167. The second kappa shape index (κ2) is 9.43. The predicted molar refractivity (Wildman–Crippen MR) is 142 cm³/mol. The predicted octanol–water partition coefficient (Wildman–Crippen LogP) is 4.42. The number of para-hydroxylation sites is 1. The van der Waals surface area contributed by atoms with Crippen molar-refractivity contribution in [1.82, 2.24) is 18.9 Å². The molecule has 37 heavy (non-hydrogen) atoms. The molecule has 0 unspecified atom stereocenters. The zero-order chi connectivity index (χ0) is 25.4. The zero-order valence-corrected chi connectivity index (χ0v) is 20.5. The van der Waals surface area contributed by atoms with E-state index in [0.29, 0.717) is 43.1 Å². The van der Waals surface area contributed by atoms with Crippen LogP contribution in [0.4, 0.5) is 0 Å². The van der Waals surface area contributed by atoms with Gasteiger partial charge in [-0.05, 0) is 35.4 Å². The van der Waals surface area contributed by atoms with Gasteiger partial charge in [0.25, 0.3) is 11.5 Å². The molecule has 0 saturated carbocycles. The molecule has 0 N–H and O–H groups in total. The van der Waals surface area contributed by atoms with E-state index in [4.69, 9.17) is 4.74 Å². The molecule has 3 aromatic heterocycles. The van der Waals surface area contributed by atoms with Crippen LogP contribution in [0.25, 0.3) is 16.8 Å². The molecule has 2 aromatic carbocycles. The standard InChI is InChI=1S/C30H26N4O3/c1-37-27-12-6-5-11-23(27)24-17-22-19-33(30(36)25-20-32-15-8-7-13-28(32)31-25)16-14-26(22)34(29(24)35)18-21-9-3-2-4-10-21/h2-13,15,17,20H,14,16,18-19H2,1H3. The summed E-state index contributed by atoms with van der Waals surface area (Å²) in [5, 5.41) is 0. The molecule has 0 atom stereocenters. The van der Waals surface area contributed by atoms with Gasteiger partial charge in [0.1, 0.15) is 17.1 Å². The molecule has 6 rings (SSSR count). The largest absolute Gasteiger partial charge is 0.496 e. The molecular weight excluding hydrogens is 464 g/mol. The lowest BCUT2D eigenvalue weighted by atomic mass is 9.98. The molecule has 7 heteroatoms. The minimum Gasteiger partial charge on any atom is -0.496 e. The number of pyridine rings is 2. The Bertz CT molecular complexity index is 1640. The van der Waals surface area contributed by atoms with Crippen LogP contribution in [0.15, 0.2) is 96.1 Å². The smallest absolute Gasteiger partial charge is 0.274 e. The summed E-state index contributed by atoms with van der Waals surface area (Å²) in [7, 11) is 1.61. The van der Waals surface area contributed by atoms with Crippen molar-refractivity contribution in [1.29, 1.82) is 0 Å². The minimum atomic E-state index is -0.117. The summed E-state index contributed by atoms with van der Waals surface area (Å²) in [6.07, 6.45) is 4.24. The van der Waals surface area contributed by atoms with Gasteiger partial charge in [0, 0.05) is 43.2 Å². The van der Waals surface area contributed by atoms with Gasteiger partial charge in [0.15, 0.2) is 0 Å². The quantitative estimate of drug-likeness (QED) is 0.366. The summed E-state index contributed by atoms with van der Waals surface area (Å²) in [6, 6.07) is 25.1. The number of carbonyl (C=O) groups excluding carboxylic acids is 1. The van der Waals surface area contributed by atoms with Crippen molar-refractivity contribution in [2.45, 2.75) is 19.5 Å².